The highest BCUT2D eigenvalue weighted by atomic mass is 16.5. The van der Waals surface area contributed by atoms with E-state index in [0.717, 1.165) is 19.3 Å². The monoisotopic (exact) mass is 223 g/mol. The van der Waals surface area contributed by atoms with E-state index < -0.39 is 0 Å². The Bertz CT molecular complexity index is 366. The molecule has 0 aromatic carbocycles. The lowest BCUT2D eigenvalue weighted by atomic mass is 9.79. The highest BCUT2D eigenvalue weighted by Gasteiger charge is 2.43. The van der Waals surface area contributed by atoms with Crippen molar-refractivity contribution in [2.45, 2.75) is 37.3 Å². The van der Waals surface area contributed by atoms with Crippen molar-refractivity contribution in [3.05, 3.63) is 24.4 Å². The molecule has 88 valence electrons. The number of methoxy groups -OCH3 is 1. The van der Waals surface area contributed by atoms with Gasteiger partial charge in [0.1, 0.15) is 5.60 Å². The van der Waals surface area contributed by atoms with Crippen LogP contribution < -0.4 is 5.73 Å². The number of rotatable bonds is 5. The number of nitrogens with zero attached hydrogens (tertiary/aromatic N) is 2. The van der Waals surface area contributed by atoms with Crippen molar-refractivity contribution >= 4 is 0 Å². The third kappa shape index (κ3) is 1.76. The molecule has 2 N–H and O–H groups in total. The molecule has 2 rings (SSSR count). The molecule has 1 unspecified atom stereocenters. The van der Waals surface area contributed by atoms with Gasteiger partial charge in [-0.1, -0.05) is 11.2 Å². The molecular formula is C11H17N3O2. The van der Waals surface area contributed by atoms with Gasteiger partial charge in [0.15, 0.2) is 0 Å². The lowest BCUT2D eigenvalue weighted by molar-refractivity contribution is -0.0858. The van der Waals surface area contributed by atoms with Crippen molar-refractivity contribution in [2.24, 2.45) is 5.73 Å². The molecular weight excluding hydrogens is 206 g/mol. The molecule has 1 fully saturated rings. The summed E-state index contributed by atoms with van der Waals surface area (Å²) in [6.07, 6.45) is 5.39. The Balaban J connectivity index is 2.15. The fourth-order valence-electron chi connectivity index (χ4n) is 1.87. The maximum absolute atomic E-state index is 5.85. The van der Waals surface area contributed by atoms with Gasteiger partial charge >= 0.3 is 0 Å². The molecule has 0 radical (unpaired) electrons. The van der Waals surface area contributed by atoms with Crippen LogP contribution in [0.3, 0.4) is 0 Å². The quantitative estimate of drug-likeness (QED) is 0.768. The van der Waals surface area contributed by atoms with E-state index in [-0.39, 0.29) is 11.6 Å². The van der Waals surface area contributed by atoms with Gasteiger partial charge in [-0.3, -0.25) is 0 Å². The van der Waals surface area contributed by atoms with Gasteiger partial charge in [0, 0.05) is 7.11 Å². The van der Waals surface area contributed by atoms with Crippen LogP contribution in [0.15, 0.2) is 17.2 Å². The Hall–Kier alpha value is -1.20. The summed E-state index contributed by atoms with van der Waals surface area (Å²) in [5.74, 6) is 1.08. The zero-order valence-electron chi connectivity index (χ0n) is 9.48. The molecule has 0 amide bonds. The maximum Gasteiger partial charge on any atom is 0.243 e. The molecule has 0 aliphatic heterocycles. The van der Waals surface area contributed by atoms with Gasteiger partial charge in [0.2, 0.25) is 11.7 Å². The van der Waals surface area contributed by atoms with Crippen LogP contribution in [0.1, 0.15) is 43.4 Å². The second-order valence-corrected chi connectivity index (χ2v) is 4.14. The summed E-state index contributed by atoms with van der Waals surface area (Å²) < 4.78 is 10.6. The fourth-order valence-corrected chi connectivity index (χ4v) is 1.87. The van der Waals surface area contributed by atoms with Crippen molar-refractivity contribution in [3.63, 3.8) is 0 Å². The predicted molar refractivity (Wildman–Crippen MR) is 58.6 cm³/mol. The van der Waals surface area contributed by atoms with E-state index in [1.165, 1.54) is 0 Å². The summed E-state index contributed by atoms with van der Waals surface area (Å²) in [6, 6.07) is -0.271. The first-order chi connectivity index (χ1) is 7.72. The van der Waals surface area contributed by atoms with Gasteiger partial charge in [0.25, 0.3) is 0 Å². The molecule has 5 heteroatoms. The normalized spacial score (nSPS) is 20.1. The fraction of sp³-hybridized carbons (Fsp3) is 0.636. The van der Waals surface area contributed by atoms with Crippen LogP contribution >= 0.6 is 0 Å². The van der Waals surface area contributed by atoms with Gasteiger partial charge in [0.05, 0.1) is 6.04 Å². The number of hydrogen-bond donors (Lipinski definition) is 1. The Morgan fingerprint density at radius 1 is 1.69 bits per heavy atom. The molecule has 1 aliphatic rings. The number of hydrogen-bond acceptors (Lipinski definition) is 5. The van der Waals surface area contributed by atoms with Gasteiger partial charge in [-0.05, 0) is 25.7 Å². The molecule has 1 saturated carbocycles. The lowest BCUT2D eigenvalue weighted by Crippen LogP contribution is -2.37. The topological polar surface area (TPSA) is 74.2 Å². The van der Waals surface area contributed by atoms with Crippen LogP contribution in [0.25, 0.3) is 0 Å². The smallest absolute Gasteiger partial charge is 0.243 e. The van der Waals surface area contributed by atoms with Gasteiger partial charge in [-0.25, -0.2) is 0 Å². The first kappa shape index (κ1) is 11.3. The number of nitrogens with two attached hydrogens (primary N) is 1. The largest absolute Gasteiger partial charge is 0.370 e. The summed E-state index contributed by atoms with van der Waals surface area (Å²) in [7, 11) is 1.68. The molecule has 1 heterocycles. The summed E-state index contributed by atoms with van der Waals surface area (Å²) in [6.45, 7) is 3.63. The van der Waals surface area contributed by atoms with E-state index in [1.807, 2.05) is 0 Å². The Kier molecular flexibility index (Phi) is 3.07. The van der Waals surface area contributed by atoms with E-state index >= 15 is 0 Å². The van der Waals surface area contributed by atoms with Crippen molar-refractivity contribution in [1.29, 1.82) is 0 Å². The summed E-state index contributed by atoms with van der Waals surface area (Å²) in [4.78, 5) is 4.32. The number of ether oxygens (including phenoxy) is 1. The molecule has 16 heavy (non-hydrogen) atoms. The van der Waals surface area contributed by atoms with Crippen molar-refractivity contribution in [2.75, 3.05) is 7.11 Å². The first-order valence-electron chi connectivity index (χ1n) is 5.47. The second-order valence-electron chi connectivity index (χ2n) is 4.14. The summed E-state index contributed by atoms with van der Waals surface area (Å²) in [5.41, 5.74) is 5.52. The Morgan fingerprint density at radius 3 is 2.94 bits per heavy atom. The highest BCUT2D eigenvalue weighted by Crippen LogP contribution is 2.42. The molecule has 5 nitrogen and oxygen atoms in total. The third-order valence-electron chi connectivity index (χ3n) is 3.14. The van der Waals surface area contributed by atoms with Crippen LogP contribution in [0.2, 0.25) is 0 Å². The molecule has 1 aliphatic carbocycles. The molecule has 1 aromatic heterocycles. The van der Waals surface area contributed by atoms with E-state index in [9.17, 15) is 0 Å². The van der Waals surface area contributed by atoms with E-state index in [4.69, 9.17) is 15.0 Å². The van der Waals surface area contributed by atoms with Crippen LogP contribution in [0, 0.1) is 0 Å². The minimum Gasteiger partial charge on any atom is -0.370 e. The number of aromatic nitrogens is 2. The zero-order valence-corrected chi connectivity index (χ0v) is 9.48. The predicted octanol–water partition coefficient (Wildman–Crippen LogP) is 1.67. The zero-order chi connectivity index (χ0) is 11.6. The third-order valence-corrected chi connectivity index (χ3v) is 3.14. The highest BCUT2D eigenvalue weighted by molar-refractivity contribution is 5.07. The minimum absolute atomic E-state index is 0.271. The van der Waals surface area contributed by atoms with E-state index in [1.54, 1.807) is 13.2 Å². The summed E-state index contributed by atoms with van der Waals surface area (Å²) in [5, 5.41) is 3.96. The SMILES string of the molecule is C=CCC(N)c1nc(C2(OC)CCC2)no1. The molecule has 0 bridgehead atoms. The lowest BCUT2D eigenvalue weighted by Gasteiger charge is -2.37. The van der Waals surface area contributed by atoms with E-state index in [0.29, 0.717) is 18.1 Å². The molecule has 0 saturated heterocycles. The van der Waals surface area contributed by atoms with Crippen molar-refractivity contribution < 1.29 is 9.26 Å². The first-order valence-corrected chi connectivity index (χ1v) is 5.47. The molecule has 1 aromatic rings. The summed E-state index contributed by atoms with van der Waals surface area (Å²) >= 11 is 0. The van der Waals surface area contributed by atoms with Crippen molar-refractivity contribution in [3.8, 4) is 0 Å². The van der Waals surface area contributed by atoms with Crippen molar-refractivity contribution in [1.82, 2.24) is 10.1 Å². The van der Waals surface area contributed by atoms with Gasteiger partial charge in [-0.15, -0.1) is 6.58 Å². The Labute approximate surface area is 94.7 Å². The van der Waals surface area contributed by atoms with Crippen LogP contribution in [-0.2, 0) is 10.3 Å². The van der Waals surface area contributed by atoms with Crippen LogP contribution in [0.5, 0.6) is 0 Å². The van der Waals surface area contributed by atoms with Gasteiger partial charge in [-0.2, -0.15) is 4.98 Å². The van der Waals surface area contributed by atoms with Crippen LogP contribution in [0.4, 0.5) is 0 Å². The Morgan fingerprint density at radius 2 is 2.44 bits per heavy atom. The molecule has 1 atom stereocenters. The minimum atomic E-state index is -0.338. The second kappa shape index (κ2) is 4.35. The average Bonchev–Trinajstić information content (AvgIpc) is 2.67. The van der Waals surface area contributed by atoms with Crippen LogP contribution in [-0.4, -0.2) is 17.3 Å². The van der Waals surface area contributed by atoms with E-state index in [2.05, 4.69) is 16.7 Å². The maximum atomic E-state index is 5.85. The average molecular weight is 223 g/mol. The molecule has 0 spiro atoms. The standard InChI is InChI=1S/C11H17N3O2/c1-3-5-8(12)9-13-10(14-16-9)11(15-2)6-4-7-11/h3,8H,1,4-7,12H2,2H3. The van der Waals surface area contributed by atoms with Gasteiger partial charge < -0.3 is 15.0 Å².